The van der Waals surface area contributed by atoms with E-state index in [1.165, 1.54) is 50.6 Å². The molecule has 1 aromatic heterocycles. The summed E-state index contributed by atoms with van der Waals surface area (Å²) in [4.78, 5) is 13.0. The van der Waals surface area contributed by atoms with Crippen molar-refractivity contribution in [2.75, 3.05) is 20.8 Å². The predicted molar refractivity (Wildman–Crippen MR) is 129 cm³/mol. The molecule has 5 N–H and O–H groups in total. The van der Waals surface area contributed by atoms with E-state index in [0.717, 1.165) is 6.07 Å². The highest BCUT2D eigenvalue weighted by molar-refractivity contribution is 5.93. The second-order valence-electron chi connectivity index (χ2n) is 8.23. The maximum absolute atomic E-state index is 13.0. The van der Waals surface area contributed by atoms with Crippen molar-refractivity contribution in [3.8, 4) is 57.3 Å². The highest BCUT2D eigenvalue weighted by atomic mass is 16.6. The molecule has 2 atom stereocenters. The van der Waals surface area contributed by atoms with Gasteiger partial charge in [-0.25, -0.2) is 0 Å². The van der Waals surface area contributed by atoms with E-state index in [-0.39, 0.29) is 56.8 Å². The number of phenolic OH excluding ortho intramolecular Hbond substituents is 3. The molecule has 0 saturated carbocycles. The quantitative estimate of drug-likeness (QED) is 0.267. The SMILES string of the molecule is COc1cc([C@@H]2Oc3cc(O)c4c(=O)c(O)c(-c5ccc(O)cc5)oc4c3O[C@H]2CO)cc(OC)c1O. The van der Waals surface area contributed by atoms with Crippen LogP contribution in [0.3, 0.4) is 0 Å². The van der Waals surface area contributed by atoms with Gasteiger partial charge in [-0.1, -0.05) is 0 Å². The number of aromatic hydroxyl groups is 4. The number of hydrogen-bond donors (Lipinski definition) is 5. The van der Waals surface area contributed by atoms with Crippen molar-refractivity contribution in [2.24, 2.45) is 0 Å². The molecule has 11 heteroatoms. The number of methoxy groups -OCH3 is 2. The first-order valence-corrected chi connectivity index (χ1v) is 11.0. The molecule has 0 radical (unpaired) electrons. The zero-order valence-electron chi connectivity index (χ0n) is 19.6. The van der Waals surface area contributed by atoms with Crippen LogP contribution in [0, 0.1) is 0 Å². The molecule has 0 aliphatic carbocycles. The first kappa shape index (κ1) is 23.9. The van der Waals surface area contributed by atoms with E-state index in [0.29, 0.717) is 5.56 Å². The third-order valence-corrected chi connectivity index (χ3v) is 6.04. The van der Waals surface area contributed by atoms with E-state index < -0.39 is 35.7 Å². The molecule has 192 valence electrons. The maximum atomic E-state index is 13.0. The van der Waals surface area contributed by atoms with Crippen molar-refractivity contribution >= 4 is 11.0 Å². The molecule has 2 heterocycles. The lowest BCUT2D eigenvalue weighted by Crippen LogP contribution is -2.36. The number of fused-ring (bicyclic) bond motifs is 3. The van der Waals surface area contributed by atoms with Gasteiger partial charge in [0.1, 0.15) is 16.9 Å². The number of benzene rings is 3. The highest BCUT2D eigenvalue weighted by Crippen LogP contribution is 2.49. The summed E-state index contributed by atoms with van der Waals surface area (Å²) in [5.41, 5.74) is -0.418. The molecule has 1 aliphatic rings. The Hall–Kier alpha value is -4.77. The third kappa shape index (κ3) is 3.85. The van der Waals surface area contributed by atoms with Crippen molar-refractivity contribution in [3.05, 3.63) is 58.3 Å². The fourth-order valence-electron chi connectivity index (χ4n) is 4.22. The number of aliphatic hydroxyl groups is 1. The molecule has 0 bridgehead atoms. The largest absolute Gasteiger partial charge is 0.508 e. The van der Waals surface area contributed by atoms with Crippen LogP contribution in [0.2, 0.25) is 0 Å². The Morgan fingerprint density at radius 2 is 1.54 bits per heavy atom. The molecule has 1 aliphatic heterocycles. The lowest BCUT2D eigenvalue weighted by Gasteiger charge is -2.34. The van der Waals surface area contributed by atoms with Crippen molar-refractivity contribution < 1.29 is 48.9 Å². The van der Waals surface area contributed by atoms with Gasteiger partial charge in [0.05, 0.1) is 20.8 Å². The first-order valence-electron chi connectivity index (χ1n) is 11.0. The fraction of sp³-hybridized carbons (Fsp3) is 0.192. The second-order valence-corrected chi connectivity index (χ2v) is 8.23. The van der Waals surface area contributed by atoms with Crippen molar-refractivity contribution in [3.63, 3.8) is 0 Å². The van der Waals surface area contributed by atoms with E-state index in [4.69, 9.17) is 23.4 Å². The van der Waals surface area contributed by atoms with Crippen LogP contribution in [0.15, 0.2) is 51.7 Å². The molecule has 11 nitrogen and oxygen atoms in total. The number of phenols is 3. The van der Waals surface area contributed by atoms with Gasteiger partial charge < -0.3 is 48.9 Å². The van der Waals surface area contributed by atoms with Gasteiger partial charge in [0.25, 0.3) is 0 Å². The van der Waals surface area contributed by atoms with Crippen molar-refractivity contribution in [1.29, 1.82) is 0 Å². The normalized spacial score (nSPS) is 16.5. The molecule has 0 unspecified atom stereocenters. The summed E-state index contributed by atoms with van der Waals surface area (Å²) in [5, 5.41) is 50.8. The summed E-state index contributed by atoms with van der Waals surface area (Å²) < 4.78 is 28.4. The van der Waals surface area contributed by atoms with Gasteiger partial charge in [0, 0.05) is 17.2 Å². The Balaban J connectivity index is 1.69. The van der Waals surface area contributed by atoms with Crippen LogP contribution < -0.4 is 24.4 Å². The summed E-state index contributed by atoms with van der Waals surface area (Å²) in [6.45, 7) is -0.523. The fourth-order valence-corrected chi connectivity index (χ4v) is 4.22. The molecule has 0 spiro atoms. The number of aliphatic hydroxyl groups excluding tert-OH is 1. The molecule has 37 heavy (non-hydrogen) atoms. The maximum Gasteiger partial charge on any atom is 0.238 e. The minimum Gasteiger partial charge on any atom is -0.508 e. The Labute approximate surface area is 208 Å². The van der Waals surface area contributed by atoms with Gasteiger partial charge in [-0.3, -0.25) is 4.79 Å². The van der Waals surface area contributed by atoms with E-state index in [2.05, 4.69) is 0 Å². The summed E-state index contributed by atoms with van der Waals surface area (Å²) in [6.07, 6.45) is -1.96. The molecule has 0 amide bonds. The van der Waals surface area contributed by atoms with Crippen molar-refractivity contribution in [2.45, 2.75) is 12.2 Å². The van der Waals surface area contributed by atoms with Crippen LogP contribution in [0.5, 0.6) is 46.0 Å². The van der Waals surface area contributed by atoms with E-state index in [1.54, 1.807) is 0 Å². The van der Waals surface area contributed by atoms with Crippen LogP contribution in [-0.4, -0.2) is 52.5 Å². The summed E-state index contributed by atoms with van der Waals surface area (Å²) in [6, 6.07) is 9.69. The number of hydrogen-bond acceptors (Lipinski definition) is 11. The Kier molecular flexibility index (Phi) is 5.84. The van der Waals surface area contributed by atoms with Crippen molar-refractivity contribution in [1.82, 2.24) is 0 Å². The Morgan fingerprint density at radius 3 is 2.14 bits per heavy atom. The molecule has 0 saturated heterocycles. The third-order valence-electron chi connectivity index (χ3n) is 6.04. The molecule has 5 rings (SSSR count). The summed E-state index contributed by atoms with van der Waals surface area (Å²) >= 11 is 0. The average molecular weight is 510 g/mol. The van der Waals surface area contributed by atoms with Crippen LogP contribution in [0.1, 0.15) is 11.7 Å². The van der Waals surface area contributed by atoms with Gasteiger partial charge in [0.2, 0.25) is 22.7 Å². The highest BCUT2D eigenvalue weighted by Gasteiger charge is 2.37. The van der Waals surface area contributed by atoms with Crippen LogP contribution in [-0.2, 0) is 0 Å². The van der Waals surface area contributed by atoms with Crippen LogP contribution >= 0.6 is 0 Å². The second kappa shape index (κ2) is 9.03. The Morgan fingerprint density at radius 1 is 0.892 bits per heavy atom. The topological polar surface area (TPSA) is 168 Å². The number of rotatable bonds is 5. The Bertz CT molecular complexity index is 1530. The van der Waals surface area contributed by atoms with Gasteiger partial charge in [-0.2, -0.15) is 0 Å². The minimum atomic E-state index is -1.02. The van der Waals surface area contributed by atoms with E-state index >= 15 is 0 Å². The zero-order chi connectivity index (χ0) is 26.4. The van der Waals surface area contributed by atoms with Crippen LogP contribution in [0.4, 0.5) is 0 Å². The van der Waals surface area contributed by atoms with Crippen LogP contribution in [0.25, 0.3) is 22.3 Å². The molecular weight excluding hydrogens is 488 g/mol. The summed E-state index contributed by atoms with van der Waals surface area (Å²) in [5.74, 6) is -1.62. The zero-order valence-corrected chi connectivity index (χ0v) is 19.6. The molecule has 3 aromatic carbocycles. The van der Waals surface area contributed by atoms with Gasteiger partial charge in [-0.15, -0.1) is 0 Å². The molecular formula is C26H22O11. The molecule has 4 aromatic rings. The molecule has 0 fully saturated rings. The standard InChI is InChI=1S/C26H22O11/c1-33-15-7-12(8-16(34-2)20(15)30)23-18(10-27)36-25-17(35-23)9-14(29)19-21(31)22(32)24(37-26(19)25)11-3-5-13(28)6-4-11/h3-9,18,23,27-30,32H,10H2,1-2H3/t18-,23-/m0/s1. The average Bonchev–Trinajstić information content (AvgIpc) is 2.90. The smallest absolute Gasteiger partial charge is 0.238 e. The monoisotopic (exact) mass is 510 g/mol. The van der Waals surface area contributed by atoms with Gasteiger partial charge in [-0.05, 0) is 36.4 Å². The lowest BCUT2D eigenvalue weighted by molar-refractivity contribution is -0.0120. The van der Waals surface area contributed by atoms with E-state index in [9.17, 15) is 30.3 Å². The first-order chi connectivity index (χ1) is 17.8. The van der Waals surface area contributed by atoms with Gasteiger partial charge in [0.15, 0.2) is 40.8 Å². The summed E-state index contributed by atoms with van der Waals surface area (Å²) in [7, 11) is 2.73. The number of ether oxygens (including phenoxy) is 4. The lowest BCUT2D eigenvalue weighted by atomic mass is 10.0. The minimum absolute atomic E-state index is 0.00351. The van der Waals surface area contributed by atoms with E-state index in [1.807, 2.05) is 0 Å². The van der Waals surface area contributed by atoms with Gasteiger partial charge >= 0.3 is 0 Å². The predicted octanol–water partition coefficient (Wildman–Crippen LogP) is 3.17.